The molecule has 0 spiro atoms. The standard InChI is InChI=1S/C10H7F3N2O2/c11-10(12,13)5-17-7-1-2-14-9-8(7)6(4-16)3-15-9/h1-4H,5H2,(H,14,15). The number of fused-ring (bicyclic) bond motifs is 1. The summed E-state index contributed by atoms with van der Waals surface area (Å²) >= 11 is 0. The Hall–Kier alpha value is -2.05. The Morgan fingerprint density at radius 2 is 2.24 bits per heavy atom. The van der Waals surface area contributed by atoms with Crippen LogP contribution in [0.15, 0.2) is 18.5 Å². The second kappa shape index (κ2) is 4.08. The number of hydrogen-bond acceptors (Lipinski definition) is 3. The third kappa shape index (κ3) is 2.38. The first kappa shape index (κ1) is 11.4. The van der Waals surface area contributed by atoms with Crippen LogP contribution in [0.3, 0.4) is 0 Å². The van der Waals surface area contributed by atoms with Gasteiger partial charge in [-0.25, -0.2) is 4.98 Å². The number of aromatic nitrogens is 2. The molecule has 2 rings (SSSR count). The van der Waals surface area contributed by atoms with Crippen LogP contribution in [-0.2, 0) is 0 Å². The van der Waals surface area contributed by atoms with E-state index in [4.69, 9.17) is 0 Å². The summed E-state index contributed by atoms with van der Waals surface area (Å²) in [6.45, 7) is -1.41. The number of rotatable bonds is 3. The van der Waals surface area contributed by atoms with Gasteiger partial charge in [0, 0.05) is 18.0 Å². The van der Waals surface area contributed by atoms with Crippen LogP contribution >= 0.6 is 0 Å². The van der Waals surface area contributed by atoms with E-state index in [2.05, 4.69) is 14.7 Å². The molecule has 0 aliphatic heterocycles. The van der Waals surface area contributed by atoms with Gasteiger partial charge in [-0.05, 0) is 6.07 Å². The number of carbonyl (C=O) groups excluding carboxylic acids is 1. The van der Waals surface area contributed by atoms with Crippen molar-refractivity contribution in [3.8, 4) is 5.75 Å². The molecular formula is C10H7F3N2O2. The fraction of sp³-hybridized carbons (Fsp3) is 0.200. The van der Waals surface area contributed by atoms with E-state index >= 15 is 0 Å². The molecule has 0 radical (unpaired) electrons. The molecule has 1 N–H and O–H groups in total. The lowest BCUT2D eigenvalue weighted by atomic mass is 10.2. The van der Waals surface area contributed by atoms with E-state index in [1.54, 1.807) is 0 Å². The molecule has 90 valence electrons. The fourth-order valence-electron chi connectivity index (χ4n) is 1.42. The number of carbonyl (C=O) groups is 1. The maximum Gasteiger partial charge on any atom is 0.422 e. The predicted molar refractivity (Wildman–Crippen MR) is 53.0 cm³/mol. The van der Waals surface area contributed by atoms with E-state index in [1.807, 2.05) is 0 Å². The Labute approximate surface area is 93.4 Å². The minimum absolute atomic E-state index is 0.0179. The number of pyridine rings is 1. The smallest absolute Gasteiger partial charge is 0.422 e. The highest BCUT2D eigenvalue weighted by Crippen LogP contribution is 2.27. The van der Waals surface area contributed by atoms with Crippen molar-refractivity contribution >= 4 is 17.3 Å². The van der Waals surface area contributed by atoms with Gasteiger partial charge in [0.25, 0.3) is 0 Å². The van der Waals surface area contributed by atoms with E-state index in [-0.39, 0.29) is 16.7 Å². The quantitative estimate of drug-likeness (QED) is 0.843. The van der Waals surface area contributed by atoms with E-state index < -0.39 is 12.8 Å². The van der Waals surface area contributed by atoms with Crippen LogP contribution in [0, 0.1) is 0 Å². The van der Waals surface area contributed by atoms with Crippen molar-refractivity contribution in [1.29, 1.82) is 0 Å². The number of hydrogen-bond donors (Lipinski definition) is 1. The van der Waals surface area contributed by atoms with E-state index in [1.165, 1.54) is 18.5 Å². The number of nitrogens with one attached hydrogen (secondary N) is 1. The minimum Gasteiger partial charge on any atom is -0.483 e. The first-order valence-electron chi connectivity index (χ1n) is 4.62. The Bertz CT molecular complexity index is 548. The van der Waals surface area contributed by atoms with Crippen molar-refractivity contribution < 1.29 is 22.7 Å². The number of aromatic amines is 1. The molecule has 0 saturated heterocycles. The Morgan fingerprint density at radius 1 is 1.47 bits per heavy atom. The van der Waals surface area contributed by atoms with Crippen molar-refractivity contribution in [3.63, 3.8) is 0 Å². The summed E-state index contributed by atoms with van der Waals surface area (Å²) in [4.78, 5) is 17.3. The highest BCUT2D eigenvalue weighted by Gasteiger charge is 2.29. The molecule has 0 fully saturated rings. The zero-order valence-corrected chi connectivity index (χ0v) is 8.41. The monoisotopic (exact) mass is 244 g/mol. The summed E-state index contributed by atoms with van der Waals surface area (Å²) in [5, 5.41) is 0.256. The molecule has 17 heavy (non-hydrogen) atoms. The maximum absolute atomic E-state index is 12.0. The molecule has 0 atom stereocenters. The van der Waals surface area contributed by atoms with E-state index in [0.717, 1.165) is 0 Å². The van der Waals surface area contributed by atoms with Gasteiger partial charge in [0.05, 0.1) is 5.39 Å². The van der Waals surface area contributed by atoms with Crippen LogP contribution in [-0.4, -0.2) is 29.0 Å². The molecular weight excluding hydrogens is 237 g/mol. The number of alkyl halides is 3. The average Bonchev–Trinajstić information content (AvgIpc) is 2.68. The third-order valence-electron chi connectivity index (χ3n) is 2.08. The summed E-state index contributed by atoms with van der Waals surface area (Å²) in [5.41, 5.74) is 0.525. The zero-order valence-electron chi connectivity index (χ0n) is 8.41. The Morgan fingerprint density at radius 3 is 2.88 bits per heavy atom. The van der Waals surface area contributed by atoms with E-state index in [9.17, 15) is 18.0 Å². The van der Waals surface area contributed by atoms with Gasteiger partial charge in [-0.3, -0.25) is 4.79 Å². The Balaban J connectivity index is 2.39. The van der Waals surface area contributed by atoms with Gasteiger partial charge < -0.3 is 9.72 Å². The van der Waals surface area contributed by atoms with Crippen molar-refractivity contribution in [3.05, 3.63) is 24.0 Å². The molecule has 7 heteroatoms. The van der Waals surface area contributed by atoms with Gasteiger partial charge in [-0.1, -0.05) is 0 Å². The molecule has 0 amide bonds. The molecule has 0 aromatic carbocycles. The van der Waals surface area contributed by atoms with Gasteiger partial charge in [0.1, 0.15) is 11.4 Å². The molecule has 2 aromatic heterocycles. The lowest BCUT2D eigenvalue weighted by Gasteiger charge is -2.09. The highest BCUT2D eigenvalue weighted by molar-refractivity contribution is 5.99. The second-order valence-electron chi connectivity index (χ2n) is 3.30. The molecule has 0 unspecified atom stereocenters. The number of aldehydes is 1. The summed E-state index contributed by atoms with van der Waals surface area (Å²) in [6.07, 6.45) is -1.22. The summed E-state index contributed by atoms with van der Waals surface area (Å²) < 4.78 is 40.7. The van der Waals surface area contributed by atoms with Gasteiger partial charge in [-0.2, -0.15) is 13.2 Å². The first-order chi connectivity index (χ1) is 8.01. The molecule has 0 aliphatic carbocycles. The molecule has 0 bridgehead atoms. The lowest BCUT2D eigenvalue weighted by molar-refractivity contribution is -0.153. The SMILES string of the molecule is O=Cc1c[nH]c2nccc(OCC(F)(F)F)c12. The minimum atomic E-state index is -4.42. The maximum atomic E-state index is 12.0. The van der Waals surface area contributed by atoms with E-state index in [0.29, 0.717) is 11.9 Å². The third-order valence-corrected chi connectivity index (χ3v) is 2.08. The topological polar surface area (TPSA) is 55.0 Å². The van der Waals surface area contributed by atoms with Crippen molar-refractivity contribution in [2.45, 2.75) is 6.18 Å². The van der Waals surface area contributed by atoms with Crippen LogP contribution in [0.4, 0.5) is 13.2 Å². The van der Waals surface area contributed by atoms with Gasteiger partial charge in [0.15, 0.2) is 12.9 Å². The van der Waals surface area contributed by atoms with Gasteiger partial charge in [-0.15, -0.1) is 0 Å². The van der Waals surface area contributed by atoms with Gasteiger partial charge >= 0.3 is 6.18 Å². The number of ether oxygens (including phenoxy) is 1. The fourth-order valence-corrected chi connectivity index (χ4v) is 1.42. The molecule has 2 aromatic rings. The highest BCUT2D eigenvalue weighted by atomic mass is 19.4. The van der Waals surface area contributed by atoms with Crippen LogP contribution in [0.25, 0.3) is 11.0 Å². The molecule has 0 saturated carbocycles. The summed E-state index contributed by atoms with van der Waals surface area (Å²) in [6, 6.07) is 1.29. The average molecular weight is 244 g/mol. The van der Waals surface area contributed by atoms with Crippen LogP contribution in [0.1, 0.15) is 10.4 Å². The second-order valence-corrected chi connectivity index (χ2v) is 3.30. The number of H-pyrrole nitrogens is 1. The van der Waals surface area contributed by atoms with Crippen molar-refractivity contribution in [2.75, 3.05) is 6.61 Å². The molecule has 4 nitrogen and oxygen atoms in total. The lowest BCUT2D eigenvalue weighted by Crippen LogP contribution is -2.19. The number of nitrogens with zero attached hydrogens (tertiary/aromatic N) is 1. The Kier molecular flexibility index (Phi) is 2.74. The zero-order chi connectivity index (χ0) is 12.5. The van der Waals surface area contributed by atoms with Crippen LogP contribution in [0.5, 0.6) is 5.75 Å². The van der Waals surface area contributed by atoms with Crippen LogP contribution in [0.2, 0.25) is 0 Å². The first-order valence-corrected chi connectivity index (χ1v) is 4.62. The largest absolute Gasteiger partial charge is 0.483 e. The molecule has 2 heterocycles. The molecule has 0 aliphatic rings. The van der Waals surface area contributed by atoms with Crippen molar-refractivity contribution in [1.82, 2.24) is 9.97 Å². The summed E-state index contributed by atoms with van der Waals surface area (Å²) in [5.74, 6) is -0.0179. The number of halogens is 3. The van der Waals surface area contributed by atoms with Crippen LogP contribution < -0.4 is 4.74 Å². The summed E-state index contributed by atoms with van der Waals surface area (Å²) in [7, 11) is 0. The normalized spacial score (nSPS) is 11.7. The van der Waals surface area contributed by atoms with Gasteiger partial charge in [0.2, 0.25) is 0 Å². The van der Waals surface area contributed by atoms with Crippen molar-refractivity contribution in [2.24, 2.45) is 0 Å². The predicted octanol–water partition coefficient (Wildman–Crippen LogP) is 2.32.